The fourth-order valence-electron chi connectivity index (χ4n) is 3.54. The van der Waals surface area contributed by atoms with E-state index < -0.39 is 47.5 Å². The third-order valence-electron chi connectivity index (χ3n) is 4.71. The molecule has 1 aromatic rings. The zero-order valence-corrected chi connectivity index (χ0v) is 16.6. The molecule has 28 heavy (non-hydrogen) atoms. The summed E-state index contributed by atoms with van der Waals surface area (Å²) < 4.78 is 15.5. The Hall–Kier alpha value is -2.90. The molecule has 0 bridgehead atoms. The highest BCUT2D eigenvalue weighted by Gasteiger charge is 2.59. The summed E-state index contributed by atoms with van der Waals surface area (Å²) in [6, 6.07) is 8.26. The maximum absolute atomic E-state index is 13.1. The van der Waals surface area contributed by atoms with Gasteiger partial charge < -0.3 is 19.1 Å². The summed E-state index contributed by atoms with van der Waals surface area (Å²) in [4.78, 5) is 50.3. The fraction of sp³-hybridized carbons (Fsp3) is 0.500. The molecule has 1 aliphatic rings. The van der Waals surface area contributed by atoms with Crippen LogP contribution in [0.5, 0.6) is 0 Å². The number of methoxy groups -OCH3 is 1. The molecular weight excluding hydrogens is 366 g/mol. The Morgan fingerprint density at radius 3 is 2.11 bits per heavy atom. The highest BCUT2D eigenvalue weighted by atomic mass is 16.6. The summed E-state index contributed by atoms with van der Waals surface area (Å²) in [5.41, 5.74) is -0.416. The zero-order chi connectivity index (χ0) is 21.1. The van der Waals surface area contributed by atoms with E-state index in [2.05, 4.69) is 0 Å². The molecule has 2 rings (SSSR count). The second-order valence-electron chi connectivity index (χ2n) is 7.21. The predicted octanol–water partition coefficient (Wildman–Crippen LogP) is 1.46. The summed E-state index contributed by atoms with van der Waals surface area (Å²) in [6.07, 6.45) is -2.48. The van der Waals surface area contributed by atoms with Crippen molar-refractivity contribution in [2.75, 3.05) is 7.11 Å². The topological polar surface area (TPSA) is 99.2 Å². The quantitative estimate of drug-likeness (QED) is 0.535. The van der Waals surface area contributed by atoms with Crippen molar-refractivity contribution in [2.45, 2.75) is 52.5 Å². The summed E-state index contributed by atoms with van der Waals surface area (Å²) >= 11 is 0. The fourth-order valence-corrected chi connectivity index (χ4v) is 3.54. The summed E-state index contributed by atoms with van der Waals surface area (Å²) in [5.74, 6) is -2.45. The van der Waals surface area contributed by atoms with Crippen molar-refractivity contribution >= 4 is 23.8 Å². The van der Waals surface area contributed by atoms with Crippen LogP contribution in [0.2, 0.25) is 0 Å². The molecule has 0 unspecified atom stereocenters. The molecule has 0 N–H and O–H groups in total. The van der Waals surface area contributed by atoms with E-state index in [1.807, 2.05) is 30.3 Å². The van der Waals surface area contributed by atoms with Crippen molar-refractivity contribution in [3.05, 3.63) is 35.9 Å². The number of ether oxygens (including phenoxy) is 3. The van der Waals surface area contributed by atoms with Gasteiger partial charge in [0.25, 0.3) is 5.91 Å². The van der Waals surface area contributed by atoms with Gasteiger partial charge >= 0.3 is 17.9 Å². The molecule has 0 radical (unpaired) electrons. The molecule has 1 amide bonds. The van der Waals surface area contributed by atoms with Gasteiger partial charge in [-0.15, -0.1) is 0 Å². The minimum atomic E-state index is -1.33. The van der Waals surface area contributed by atoms with E-state index >= 15 is 0 Å². The first kappa shape index (κ1) is 21.4. The van der Waals surface area contributed by atoms with Crippen LogP contribution in [0.15, 0.2) is 30.3 Å². The molecular formula is C20H25NO7. The molecule has 1 fully saturated rings. The minimum absolute atomic E-state index is 0.153. The zero-order valence-electron chi connectivity index (χ0n) is 16.6. The molecule has 1 saturated heterocycles. The lowest BCUT2D eigenvalue weighted by atomic mass is 9.81. The number of hydrogen-bond donors (Lipinski definition) is 0. The maximum atomic E-state index is 13.1. The Bertz CT molecular complexity index is 759. The summed E-state index contributed by atoms with van der Waals surface area (Å²) in [7, 11) is 1.24. The van der Waals surface area contributed by atoms with Gasteiger partial charge in [0.2, 0.25) is 6.10 Å². The lowest BCUT2D eigenvalue weighted by Crippen LogP contribution is -2.52. The second-order valence-corrected chi connectivity index (χ2v) is 7.21. The highest BCUT2D eigenvalue weighted by Crippen LogP contribution is 2.39. The first-order chi connectivity index (χ1) is 13.1. The van der Waals surface area contributed by atoms with Crippen molar-refractivity contribution in [2.24, 2.45) is 5.41 Å². The molecule has 152 valence electrons. The number of hydrogen-bond acceptors (Lipinski definition) is 7. The number of esters is 3. The standard InChI is InChI=1S/C20H25NO7/c1-12(22)27-15-16(28-13(2)23)18(24)21(11-14-9-7-6-8-10-14)17(15)20(3,4)19(25)26-5/h6-10,15-17H,11H2,1-5H3/t15-,16-,17-/m0/s1. The number of nitrogens with zero attached hydrogens (tertiary/aromatic N) is 1. The van der Waals surface area contributed by atoms with Crippen molar-refractivity contribution in [1.82, 2.24) is 4.90 Å². The van der Waals surface area contributed by atoms with E-state index in [9.17, 15) is 19.2 Å². The van der Waals surface area contributed by atoms with Crippen molar-refractivity contribution < 1.29 is 33.4 Å². The SMILES string of the molecule is COC(=O)C(C)(C)[C@@H]1[C@@H](OC(C)=O)[C@H](OC(C)=O)C(=O)N1Cc1ccccc1. The van der Waals surface area contributed by atoms with Crippen LogP contribution in [-0.4, -0.2) is 54.1 Å². The predicted molar refractivity (Wildman–Crippen MR) is 97.7 cm³/mol. The van der Waals surface area contributed by atoms with Crippen LogP contribution in [0.3, 0.4) is 0 Å². The number of carbonyl (C=O) groups is 4. The van der Waals surface area contributed by atoms with Crippen LogP contribution >= 0.6 is 0 Å². The third-order valence-corrected chi connectivity index (χ3v) is 4.71. The van der Waals surface area contributed by atoms with E-state index in [0.717, 1.165) is 5.56 Å². The second kappa shape index (κ2) is 8.41. The molecule has 1 heterocycles. The monoisotopic (exact) mass is 391 g/mol. The van der Waals surface area contributed by atoms with Crippen molar-refractivity contribution in [1.29, 1.82) is 0 Å². The van der Waals surface area contributed by atoms with Gasteiger partial charge in [-0.3, -0.25) is 19.2 Å². The summed E-state index contributed by atoms with van der Waals surface area (Å²) in [5, 5.41) is 0. The number of amides is 1. The average Bonchev–Trinajstić information content (AvgIpc) is 2.86. The van der Waals surface area contributed by atoms with Crippen LogP contribution in [0.4, 0.5) is 0 Å². The maximum Gasteiger partial charge on any atom is 0.313 e. The molecule has 8 nitrogen and oxygen atoms in total. The minimum Gasteiger partial charge on any atom is -0.469 e. The van der Waals surface area contributed by atoms with Crippen LogP contribution in [0, 0.1) is 5.41 Å². The number of benzene rings is 1. The van der Waals surface area contributed by atoms with E-state index in [4.69, 9.17) is 14.2 Å². The molecule has 1 aliphatic heterocycles. The average molecular weight is 391 g/mol. The smallest absolute Gasteiger partial charge is 0.313 e. The van der Waals surface area contributed by atoms with E-state index in [-0.39, 0.29) is 6.54 Å². The third kappa shape index (κ3) is 4.32. The number of carbonyl (C=O) groups excluding carboxylic acids is 4. The Labute approximate surface area is 163 Å². The molecule has 1 aromatic carbocycles. The Morgan fingerprint density at radius 2 is 1.61 bits per heavy atom. The molecule has 0 aromatic heterocycles. The van der Waals surface area contributed by atoms with Gasteiger partial charge in [0.15, 0.2) is 6.10 Å². The number of likely N-dealkylation sites (tertiary alicyclic amines) is 1. The Kier molecular flexibility index (Phi) is 6.43. The molecule has 0 spiro atoms. The molecule has 8 heteroatoms. The van der Waals surface area contributed by atoms with Gasteiger partial charge in [-0.2, -0.15) is 0 Å². The molecule has 0 aliphatic carbocycles. The number of rotatable bonds is 6. The van der Waals surface area contributed by atoms with E-state index in [1.165, 1.54) is 25.9 Å². The largest absolute Gasteiger partial charge is 0.469 e. The van der Waals surface area contributed by atoms with Gasteiger partial charge in [0, 0.05) is 20.4 Å². The van der Waals surface area contributed by atoms with Crippen molar-refractivity contribution in [3.63, 3.8) is 0 Å². The van der Waals surface area contributed by atoms with Gasteiger partial charge in [-0.05, 0) is 19.4 Å². The van der Waals surface area contributed by atoms with Crippen molar-refractivity contribution in [3.8, 4) is 0 Å². The van der Waals surface area contributed by atoms with Gasteiger partial charge in [0.05, 0.1) is 18.6 Å². The first-order valence-electron chi connectivity index (χ1n) is 8.86. The van der Waals surface area contributed by atoms with E-state index in [1.54, 1.807) is 13.8 Å². The molecule has 0 saturated carbocycles. The van der Waals surface area contributed by atoms with Crippen LogP contribution in [0.25, 0.3) is 0 Å². The lowest BCUT2D eigenvalue weighted by Gasteiger charge is -2.37. The van der Waals surface area contributed by atoms with Crippen LogP contribution in [-0.2, 0) is 39.9 Å². The van der Waals surface area contributed by atoms with Crippen LogP contribution in [0.1, 0.15) is 33.3 Å². The Balaban J connectivity index is 2.53. The van der Waals surface area contributed by atoms with Gasteiger partial charge in [0.1, 0.15) is 0 Å². The van der Waals surface area contributed by atoms with Gasteiger partial charge in [-0.25, -0.2) is 0 Å². The highest BCUT2D eigenvalue weighted by molar-refractivity contribution is 5.89. The lowest BCUT2D eigenvalue weighted by molar-refractivity contribution is -0.170. The normalized spacial score (nSPS) is 22.0. The van der Waals surface area contributed by atoms with E-state index in [0.29, 0.717) is 0 Å². The summed E-state index contributed by atoms with van der Waals surface area (Å²) in [6.45, 7) is 5.71. The van der Waals surface area contributed by atoms with Gasteiger partial charge in [-0.1, -0.05) is 30.3 Å². The van der Waals surface area contributed by atoms with Crippen LogP contribution < -0.4 is 0 Å². The molecule has 3 atom stereocenters. The first-order valence-corrected chi connectivity index (χ1v) is 8.86. The Morgan fingerprint density at radius 1 is 1.04 bits per heavy atom.